The lowest BCUT2D eigenvalue weighted by molar-refractivity contribution is -0.174. The van der Waals surface area contributed by atoms with Crippen LogP contribution >= 0.6 is 0 Å². The number of rotatable bonds is 1. The molecule has 1 unspecified atom stereocenters. The number of hydrogen-bond donors (Lipinski definition) is 1. The molecule has 0 rings (SSSR count). The molecule has 56 valence electrons. The molecule has 0 fully saturated rings. The predicted octanol–water partition coefficient (Wildman–Crippen LogP) is 1.14. The minimum absolute atomic E-state index is 3.02. The van der Waals surface area contributed by atoms with Crippen molar-refractivity contribution in [2.24, 2.45) is 5.73 Å². The Kier molecular flexibility index (Phi) is 2.36. The van der Waals surface area contributed by atoms with Gasteiger partial charge in [0, 0.05) is 0 Å². The summed E-state index contributed by atoms with van der Waals surface area (Å²) in [6, 6.07) is -3.02. The van der Waals surface area contributed by atoms with Gasteiger partial charge in [-0.2, -0.15) is 13.2 Å². The standard InChI is InChI=1S/C3H4F5N/c4-2(5)1(9)3(6,7)8/h1-2H,9H2. The van der Waals surface area contributed by atoms with Gasteiger partial charge in [0.2, 0.25) is 0 Å². The molecule has 0 aliphatic carbocycles. The summed E-state index contributed by atoms with van der Waals surface area (Å²) in [6.07, 6.45) is -8.53. The van der Waals surface area contributed by atoms with E-state index in [1.165, 1.54) is 0 Å². The molecule has 6 heteroatoms. The van der Waals surface area contributed by atoms with Crippen molar-refractivity contribution in [3.8, 4) is 0 Å². The van der Waals surface area contributed by atoms with E-state index in [-0.39, 0.29) is 0 Å². The third-order valence-corrected chi connectivity index (χ3v) is 0.649. The molecule has 0 heterocycles. The second-order valence-corrected chi connectivity index (χ2v) is 1.40. The Balaban J connectivity index is 3.88. The zero-order valence-corrected chi connectivity index (χ0v) is 4.12. The topological polar surface area (TPSA) is 26.0 Å². The van der Waals surface area contributed by atoms with Crippen molar-refractivity contribution >= 4 is 0 Å². The van der Waals surface area contributed by atoms with Crippen molar-refractivity contribution in [1.29, 1.82) is 0 Å². The van der Waals surface area contributed by atoms with Gasteiger partial charge in [-0.15, -0.1) is 0 Å². The zero-order chi connectivity index (χ0) is 7.65. The monoisotopic (exact) mass is 149 g/mol. The maximum atomic E-state index is 11.1. The molecule has 0 bridgehead atoms. The van der Waals surface area contributed by atoms with Crippen molar-refractivity contribution in [1.82, 2.24) is 0 Å². The van der Waals surface area contributed by atoms with Crippen LogP contribution in [0.5, 0.6) is 0 Å². The molecule has 9 heavy (non-hydrogen) atoms. The summed E-state index contributed by atoms with van der Waals surface area (Å²) in [4.78, 5) is 0. The molecule has 0 aromatic heterocycles. The van der Waals surface area contributed by atoms with Crippen LogP contribution in [0.3, 0.4) is 0 Å². The van der Waals surface area contributed by atoms with Gasteiger partial charge in [0.25, 0.3) is 6.43 Å². The van der Waals surface area contributed by atoms with E-state index in [2.05, 4.69) is 5.73 Å². The molecule has 0 saturated heterocycles. The fourth-order valence-electron chi connectivity index (χ4n) is 0.143. The Morgan fingerprint density at radius 1 is 1.11 bits per heavy atom. The Morgan fingerprint density at radius 3 is 1.44 bits per heavy atom. The van der Waals surface area contributed by atoms with E-state index >= 15 is 0 Å². The number of halogens is 5. The lowest BCUT2D eigenvalue weighted by Crippen LogP contribution is -2.43. The first-order valence-electron chi connectivity index (χ1n) is 1.96. The minimum atomic E-state index is -4.99. The van der Waals surface area contributed by atoms with Gasteiger partial charge in [-0.05, 0) is 0 Å². The summed E-state index contributed by atoms with van der Waals surface area (Å²) in [5.74, 6) is 0. The lowest BCUT2D eigenvalue weighted by Gasteiger charge is -2.13. The van der Waals surface area contributed by atoms with Crippen LogP contribution < -0.4 is 5.73 Å². The van der Waals surface area contributed by atoms with Crippen molar-refractivity contribution in [3.63, 3.8) is 0 Å². The van der Waals surface area contributed by atoms with Crippen LogP contribution in [0.4, 0.5) is 22.0 Å². The maximum Gasteiger partial charge on any atom is 0.409 e. The van der Waals surface area contributed by atoms with Crippen LogP contribution in [0.1, 0.15) is 0 Å². The zero-order valence-electron chi connectivity index (χ0n) is 4.12. The van der Waals surface area contributed by atoms with Gasteiger partial charge in [0.1, 0.15) is 0 Å². The molecule has 0 aromatic carbocycles. The van der Waals surface area contributed by atoms with Gasteiger partial charge < -0.3 is 5.73 Å². The van der Waals surface area contributed by atoms with Gasteiger partial charge in [0.05, 0.1) is 0 Å². The van der Waals surface area contributed by atoms with Crippen LogP contribution in [0.15, 0.2) is 0 Å². The molecule has 1 nitrogen and oxygen atoms in total. The smallest absolute Gasteiger partial charge is 0.315 e. The van der Waals surface area contributed by atoms with Crippen LogP contribution in [0, 0.1) is 0 Å². The highest BCUT2D eigenvalue weighted by Crippen LogP contribution is 2.22. The van der Waals surface area contributed by atoms with Crippen LogP contribution in [-0.4, -0.2) is 18.6 Å². The molecule has 0 radical (unpaired) electrons. The highest BCUT2D eigenvalue weighted by molar-refractivity contribution is 4.71. The Labute approximate surface area is 47.6 Å². The van der Waals surface area contributed by atoms with E-state index in [1.807, 2.05) is 0 Å². The predicted molar refractivity (Wildman–Crippen MR) is 20.0 cm³/mol. The first-order valence-corrected chi connectivity index (χ1v) is 1.96. The normalized spacial score (nSPS) is 16.3. The average Bonchev–Trinajstić information content (AvgIpc) is 1.62. The molecule has 0 spiro atoms. The largest absolute Gasteiger partial charge is 0.409 e. The summed E-state index contributed by atoms with van der Waals surface area (Å²) < 4.78 is 55.4. The number of nitrogens with two attached hydrogens (primary N) is 1. The molecule has 0 amide bonds. The van der Waals surface area contributed by atoms with Gasteiger partial charge in [-0.3, -0.25) is 0 Å². The fraction of sp³-hybridized carbons (Fsp3) is 1.00. The Bertz CT molecular complexity index is 86.7. The SMILES string of the molecule is NC(C(F)F)C(F)(F)F. The van der Waals surface area contributed by atoms with Crippen LogP contribution in [0.25, 0.3) is 0 Å². The van der Waals surface area contributed by atoms with Crippen LogP contribution in [-0.2, 0) is 0 Å². The summed E-state index contributed by atoms with van der Waals surface area (Å²) in [6.45, 7) is 0. The maximum absolute atomic E-state index is 11.1. The molecule has 1 atom stereocenters. The number of alkyl halides is 5. The van der Waals surface area contributed by atoms with Crippen molar-refractivity contribution < 1.29 is 22.0 Å². The van der Waals surface area contributed by atoms with Crippen molar-refractivity contribution in [3.05, 3.63) is 0 Å². The summed E-state index contributed by atoms with van der Waals surface area (Å²) in [7, 11) is 0. The average molecular weight is 149 g/mol. The van der Waals surface area contributed by atoms with Crippen LogP contribution in [0.2, 0.25) is 0 Å². The Hall–Kier alpha value is -0.390. The van der Waals surface area contributed by atoms with Gasteiger partial charge in [0.15, 0.2) is 6.04 Å². The first-order chi connectivity index (χ1) is 3.85. The Morgan fingerprint density at radius 2 is 1.44 bits per heavy atom. The van der Waals surface area contributed by atoms with Crippen molar-refractivity contribution in [2.45, 2.75) is 18.6 Å². The third-order valence-electron chi connectivity index (χ3n) is 0.649. The molecule has 0 aromatic rings. The summed E-state index contributed by atoms with van der Waals surface area (Å²) in [5, 5.41) is 0. The van der Waals surface area contributed by atoms with E-state index in [4.69, 9.17) is 0 Å². The summed E-state index contributed by atoms with van der Waals surface area (Å²) >= 11 is 0. The molecule has 0 aliphatic rings. The fourth-order valence-corrected chi connectivity index (χ4v) is 0.143. The highest BCUT2D eigenvalue weighted by atomic mass is 19.4. The second-order valence-electron chi connectivity index (χ2n) is 1.40. The van der Waals surface area contributed by atoms with E-state index in [0.29, 0.717) is 0 Å². The molecule has 0 aliphatic heterocycles. The molecular formula is C3H4F5N. The van der Waals surface area contributed by atoms with Gasteiger partial charge in [-0.1, -0.05) is 0 Å². The third kappa shape index (κ3) is 2.59. The molecule has 2 N–H and O–H groups in total. The first kappa shape index (κ1) is 8.61. The van der Waals surface area contributed by atoms with Gasteiger partial charge in [-0.25, -0.2) is 8.78 Å². The van der Waals surface area contributed by atoms with Crippen molar-refractivity contribution in [2.75, 3.05) is 0 Å². The van der Waals surface area contributed by atoms with E-state index in [0.717, 1.165) is 0 Å². The number of hydrogen-bond acceptors (Lipinski definition) is 1. The molecule has 0 saturated carbocycles. The lowest BCUT2D eigenvalue weighted by atomic mass is 10.3. The summed E-state index contributed by atoms with van der Waals surface area (Å²) in [5.41, 5.74) is 4.02. The van der Waals surface area contributed by atoms with Gasteiger partial charge >= 0.3 is 6.18 Å². The quantitative estimate of drug-likeness (QED) is 0.556. The second kappa shape index (κ2) is 2.47. The van der Waals surface area contributed by atoms with E-state index < -0.39 is 18.6 Å². The highest BCUT2D eigenvalue weighted by Gasteiger charge is 2.42. The van der Waals surface area contributed by atoms with E-state index in [1.54, 1.807) is 0 Å². The van der Waals surface area contributed by atoms with E-state index in [9.17, 15) is 22.0 Å². The minimum Gasteiger partial charge on any atom is -0.315 e. The molecular weight excluding hydrogens is 145 g/mol.